The average molecular weight is 262 g/mol. The molecular formula is C15H26N4. The Morgan fingerprint density at radius 1 is 1.21 bits per heavy atom. The summed E-state index contributed by atoms with van der Waals surface area (Å²) in [6.45, 7) is 9.56. The van der Waals surface area contributed by atoms with Crippen LogP contribution in [-0.2, 0) is 5.41 Å². The molecule has 0 bridgehead atoms. The van der Waals surface area contributed by atoms with Crippen molar-refractivity contribution in [3.8, 4) is 0 Å². The van der Waals surface area contributed by atoms with E-state index in [-0.39, 0.29) is 5.41 Å². The highest BCUT2D eigenvalue weighted by Crippen LogP contribution is 2.26. The summed E-state index contributed by atoms with van der Waals surface area (Å²) in [7, 11) is 0. The standard InChI is InChI=1S/C15H26N4/c1-5-9-16-12-10-13(17-11-7-6-8-11)19-14(18-12)15(2,3)4/h10-11H,5-9H2,1-4H3,(H2,16,17,18,19). The van der Waals surface area contributed by atoms with E-state index in [1.165, 1.54) is 19.3 Å². The Morgan fingerprint density at radius 3 is 2.42 bits per heavy atom. The second-order valence-corrected chi connectivity index (χ2v) is 6.41. The quantitative estimate of drug-likeness (QED) is 0.852. The Labute approximate surface area is 116 Å². The Morgan fingerprint density at radius 2 is 1.89 bits per heavy atom. The molecule has 1 saturated carbocycles. The Hall–Kier alpha value is -1.32. The van der Waals surface area contributed by atoms with E-state index in [9.17, 15) is 0 Å². The van der Waals surface area contributed by atoms with Crippen molar-refractivity contribution in [3.05, 3.63) is 11.9 Å². The van der Waals surface area contributed by atoms with Gasteiger partial charge in [0.25, 0.3) is 0 Å². The zero-order valence-corrected chi connectivity index (χ0v) is 12.6. The molecule has 0 aromatic carbocycles. The van der Waals surface area contributed by atoms with E-state index in [1.54, 1.807) is 0 Å². The minimum atomic E-state index is -0.0278. The number of rotatable bonds is 5. The van der Waals surface area contributed by atoms with Gasteiger partial charge in [0.15, 0.2) is 0 Å². The van der Waals surface area contributed by atoms with Crippen LogP contribution in [0.2, 0.25) is 0 Å². The minimum Gasteiger partial charge on any atom is -0.370 e. The maximum Gasteiger partial charge on any atom is 0.138 e. The number of hydrogen-bond donors (Lipinski definition) is 2. The van der Waals surface area contributed by atoms with Crippen molar-refractivity contribution in [1.29, 1.82) is 0 Å². The average Bonchev–Trinajstić information content (AvgIpc) is 2.30. The molecule has 1 aliphatic carbocycles. The van der Waals surface area contributed by atoms with Gasteiger partial charge < -0.3 is 10.6 Å². The first kappa shape index (κ1) is 14.1. The van der Waals surface area contributed by atoms with Crippen molar-refractivity contribution < 1.29 is 0 Å². The fourth-order valence-electron chi connectivity index (χ4n) is 1.96. The number of nitrogens with one attached hydrogen (secondary N) is 2. The Balaban J connectivity index is 2.19. The summed E-state index contributed by atoms with van der Waals surface area (Å²) in [5, 5.41) is 6.88. The second-order valence-electron chi connectivity index (χ2n) is 6.41. The minimum absolute atomic E-state index is 0.0278. The van der Waals surface area contributed by atoms with E-state index in [4.69, 9.17) is 0 Å². The van der Waals surface area contributed by atoms with Crippen LogP contribution < -0.4 is 10.6 Å². The largest absolute Gasteiger partial charge is 0.370 e. The zero-order chi connectivity index (χ0) is 13.9. The molecule has 4 heteroatoms. The highest BCUT2D eigenvalue weighted by atomic mass is 15.1. The van der Waals surface area contributed by atoms with Gasteiger partial charge in [-0.05, 0) is 25.7 Å². The van der Waals surface area contributed by atoms with Gasteiger partial charge in [0, 0.05) is 24.1 Å². The SMILES string of the molecule is CCCNc1cc(NC2CCC2)nc(C(C)(C)C)n1. The van der Waals surface area contributed by atoms with Gasteiger partial charge >= 0.3 is 0 Å². The molecule has 0 aliphatic heterocycles. The van der Waals surface area contributed by atoms with Crippen LogP contribution in [0.1, 0.15) is 59.2 Å². The highest BCUT2D eigenvalue weighted by Gasteiger charge is 2.21. The maximum absolute atomic E-state index is 4.67. The van der Waals surface area contributed by atoms with Crippen molar-refractivity contribution in [2.45, 2.75) is 64.8 Å². The van der Waals surface area contributed by atoms with Gasteiger partial charge in [0.05, 0.1) is 0 Å². The topological polar surface area (TPSA) is 49.8 Å². The molecule has 1 fully saturated rings. The van der Waals surface area contributed by atoms with Gasteiger partial charge in [-0.3, -0.25) is 0 Å². The van der Waals surface area contributed by atoms with Crippen molar-refractivity contribution in [3.63, 3.8) is 0 Å². The lowest BCUT2D eigenvalue weighted by molar-refractivity contribution is 0.443. The fourth-order valence-corrected chi connectivity index (χ4v) is 1.96. The zero-order valence-electron chi connectivity index (χ0n) is 12.6. The first-order chi connectivity index (χ1) is 8.99. The molecule has 19 heavy (non-hydrogen) atoms. The third kappa shape index (κ3) is 3.82. The normalized spacial score (nSPS) is 16.0. The van der Waals surface area contributed by atoms with Crippen LogP contribution in [0.15, 0.2) is 6.07 Å². The smallest absolute Gasteiger partial charge is 0.138 e. The van der Waals surface area contributed by atoms with Gasteiger partial charge in [0.2, 0.25) is 0 Å². The molecule has 1 heterocycles. The van der Waals surface area contributed by atoms with E-state index in [0.717, 1.165) is 30.4 Å². The molecule has 106 valence electrons. The molecular weight excluding hydrogens is 236 g/mol. The van der Waals surface area contributed by atoms with E-state index in [2.05, 4.69) is 48.3 Å². The van der Waals surface area contributed by atoms with Gasteiger partial charge in [-0.15, -0.1) is 0 Å². The summed E-state index contributed by atoms with van der Waals surface area (Å²) in [6.07, 6.45) is 4.94. The van der Waals surface area contributed by atoms with Crippen LogP contribution in [0.3, 0.4) is 0 Å². The summed E-state index contributed by atoms with van der Waals surface area (Å²) in [6, 6.07) is 2.63. The summed E-state index contributed by atoms with van der Waals surface area (Å²) in [4.78, 5) is 9.30. The third-order valence-electron chi connectivity index (χ3n) is 3.41. The van der Waals surface area contributed by atoms with E-state index >= 15 is 0 Å². The second kappa shape index (κ2) is 5.76. The molecule has 1 aromatic rings. The van der Waals surface area contributed by atoms with Crippen molar-refractivity contribution in [2.75, 3.05) is 17.2 Å². The molecule has 2 rings (SSSR count). The van der Waals surface area contributed by atoms with Crippen LogP contribution in [0.5, 0.6) is 0 Å². The fraction of sp³-hybridized carbons (Fsp3) is 0.733. The number of aromatic nitrogens is 2. The lowest BCUT2D eigenvalue weighted by Crippen LogP contribution is -2.28. The molecule has 0 spiro atoms. The van der Waals surface area contributed by atoms with Crippen LogP contribution in [0.4, 0.5) is 11.6 Å². The molecule has 0 atom stereocenters. The van der Waals surface area contributed by atoms with Crippen LogP contribution in [0, 0.1) is 0 Å². The summed E-state index contributed by atoms with van der Waals surface area (Å²) < 4.78 is 0. The number of anilines is 2. The van der Waals surface area contributed by atoms with E-state index in [1.807, 2.05) is 6.07 Å². The first-order valence-electron chi connectivity index (χ1n) is 7.39. The summed E-state index contributed by atoms with van der Waals surface area (Å²) >= 11 is 0. The lowest BCUT2D eigenvalue weighted by atomic mass is 9.93. The van der Waals surface area contributed by atoms with Gasteiger partial charge in [-0.1, -0.05) is 27.7 Å². The molecule has 2 N–H and O–H groups in total. The lowest BCUT2D eigenvalue weighted by Gasteiger charge is -2.28. The predicted molar refractivity (Wildman–Crippen MR) is 80.8 cm³/mol. The monoisotopic (exact) mass is 262 g/mol. The van der Waals surface area contributed by atoms with Crippen LogP contribution in [-0.4, -0.2) is 22.6 Å². The molecule has 1 aliphatic rings. The molecule has 0 amide bonds. The van der Waals surface area contributed by atoms with Crippen molar-refractivity contribution in [2.24, 2.45) is 0 Å². The molecule has 0 saturated heterocycles. The molecule has 4 nitrogen and oxygen atoms in total. The van der Waals surface area contributed by atoms with Crippen molar-refractivity contribution >= 4 is 11.6 Å². The molecule has 0 radical (unpaired) electrons. The predicted octanol–water partition coefficient (Wildman–Crippen LogP) is 3.56. The number of hydrogen-bond acceptors (Lipinski definition) is 4. The Kier molecular flexibility index (Phi) is 4.27. The first-order valence-corrected chi connectivity index (χ1v) is 7.39. The van der Waals surface area contributed by atoms with Crippen LogP contribution in [0.25, 0.3) is 0 Å². The highest BCUT2D eigenvalue weighted by molar-refractivity contribution is 5.49. The molecule has 0 unspecified atom stereocenters. The number of nitrogens with zero attached hydrogens (tertiary/aromatic N) is 2. The third-order valence-corrected chi connectivity index (χ3v) is 3.41. The van der Waals surface area contributed by atoms with E-state index in [0.29, 0.717) is 6.04 Å². The van der Waals surface area contributed by atoms with E-state index < -0.39 is 0 Å². The Bertz CT molecular complexity index is 419. The maximum atomic E-state index is 4.67. The molecule has 1 aromatic heterocycles. The summed E-state index contributed by atoms with van der Waals surface area (Å²) in [5.41, 5.74) is -0.0278. The summed E-state index contributed by atoms with van der Waals surface area (Å²) in [5.74, 6) is 2.79. The van der Waals surface area contributed by atoms with Crippen molar-refractivity contribution in [1.82, 2.24) is 9.97 Å². The van der Waals surface area contributed by atoms with Crippen LogP contribution >= 0.6 is 0 Å². The van der Waals surface area contributed by atoms with Gasteiger partial charge in [-0.25, -0.2) is 9.97 Å². The van der Waals surface area contributed by atoms with Gasteiger partial charge in [-0.2, -0.15) is 0 Å². The van der Waals surface area contributed by atoms with Gasteiger partial charge in [0.1, 0.15) is 17.5 Å².